The van der Waals surface area contributed by atoms with Crippen LogP contribution < -0.4 is 5.01 Å². The van der Waals surface area contributed by atoms with Gasteiger partial charge in [-0.15, -0.1) is 11.8 Å². The molecule has 2 aromatic heterocycles. The number of thioether (sulfide) groups is 1. The van der Waals surface area contributed by atoms with Crippen molar-refractivity contribution in [3.63, 3.8) is 0 Å². The van der Waals surface area contributed by atoms with Crippen molar-refractivity contribution in [1.82, 2.24) is 14.8 Å². The highest BCUT2D eigenvalue weighted by Gasteiger charge is 2.32. The second kappa shape index (κ2) is 10.9. The molecule has 7 heteroatoms. The van der Waals surface area contributed by atoms with Crippen molar-refractivity contribution < 1.29 is 4.79 Å². The zero-order valence-corrected chi connectivity index (χ0v) is 22.1. The molecule has 0 N–H and O–H groups in total. The number of para-hydroxylation sites is 2. The molecular weight excluding hydrogens is 502 g/mol. The number of hydrazone groups is 1. The average Bonchev–Trinajstić information content (AvgIpc) is 3.56. The first kappa shape index (κ1) is 24.6. The summed E-state index contributed by atoms with van der Waals surface area (Å²) in [4.78, 5) is 19.3. The van der Waals surface area contributed by atoms with Crippen LogP contribution in [0.15, 0.2) is 131 Å². The van der Waals surface area contributed by atoms with Crippen molar-refractivity contribution in [3.05, 3.63) is 132 Å². The first-order chi connectivity index (χ1) is 19.2. The number of hydrogen-bond donors (Lipinski definition) is 0. The molecule has 0 spiro atoms. The van der Waals surface area contributed by atoms with Gasteiger partial charge in [0.25, 0.3) is 5.91 Å². The number of benzene rings is 3. The summed E-state index contributed by atoms with van der Waals surface area (Å²) in [5.74, 6) is 0.809. The van der Waals surface area contributed by atoms with Crippen molar-refractivity contribution in [2.24, 2.45) is 5.10 Å². The standard InChI is InChI=1S/C32H25N5OS/c1-2-39-28-17-15-23(16-18-28)30-25(22-36(34-30)26-11-5-3-6-12-26)20-29-31(24-10-9-19-33-21-24)35-37(32(29)38)27-13-7-4-8-14-27/h3-22H,2H2,1H3. The van der Waals surface area contributed by atoms with Gasteiger partial charge in [-0.25, -0.2) is 4.68 Å². The molecule has 6 rings (SSSR count). The summed E-state index contributed by atoms with van der Waals surface area (Å²) in [6, 6.07) is 31.6. The van der Waals surface area contributed by atoms with E-state index in [-0.39, 0.29) is 5.91 Å². The molecule has 1 aliphatic rings. The second-order valence-corrected chi connectivity index (χ2v) is 10.2. The van der Waals surface area contributed by atoms with E-state index >= 15 is 0 Å². The van der Waals surface area contributed by atoms with Crippen LogP contribution in [0.3, 0.4) is 0 Å². The Morgan fingerprint density at radius 3 is 2.21 bits per heavy atom. The van der Waals surface area contributed by atoms with E-state index in [9.17, 15) is 4.79 Å². The highest BCUT2D eigenvalue weighted by atomic mass is 32.2. The van der Waals surface area contributed by atoms with Gasteiger partial charge in [-0.3, -0.25) is 9.78 Å². The van der Waals surface area contributed by atoms with Gasteiger partial charge in [-0.1, -0.05) is 55.5 Å². The first-order valence-corrected chi connectivity index (χ1v) is 13.7. The Labute approximate surface area is 231 Å². The Hall–Kier alpha value is -4.75. The second-order valence-electron chi connectivity index (χ2n) is 8.87. The van der Waals surface area contributed by atoms with Crippen molar-refractivity contribution in [1.29, 1.82) is 0 Å². The number of amides is 1. The Kier molecular flexibility index (Phi) is 6.89. The van der Waals surface area contributed by atoms with E-state index < -0.39 is 0 Å². The normalized spacial score (nSPS) is 14.2. The van der Waals surface area contributed by atoms with E-state index in [0.717, 1.165) is 33.8 Å². The molecule has 3 aromatic carbocycles. The number of carbonyl (C=O) groups is 1. The molecule has 190 valence electrons. The number of hydrogen-bond acceptors (Lipinski definition) is 5. The van der Waals surface area contributed by atoms with Gasteiger partial charge in [0.1, 0.15) is 5.71 Å². The van der Waals surface area contributed by atoms with Gasteiger partial charge in [0.2, 0.25) is 0 Å². The van der Waals surface area contributed by atoms with Gasteiger partial charge in [0.05, 0.1) is 22.6 Å². The summed E-state index contributed by atoms with van der Waals surface area (Å²) in [6.07, 6.45) is 7.30. The molecule has 0 bridgehead atoms. The summed E-state index contributed by atoms with van der Waals surface area (Å²) >= 11 is 1.80. The quantitative estimate of drug-likeness (QED) is 0.171. The van der Waals surface area contributed by atoms with Gasteiger partial charge < -0.3 is 0 Å². The lowest BCUT2D eigenvalue weighted by Gasteiger charge is -2.10. The third-order valence-corrected chi connectivity index (χ3v) is 7.21. The van der Waals surface area contributed by atoms with Crippen LogP contribution in [0.1, 0.15) is 18.1 Å². The predicted octanol–water partition coefficient (Wildman–Crippen LogP) is 6.88. The zero-order chi connectivity index (χ0) is 26.6. The molecule has 0 atom stereocenters. The van der Waals surface area contributed by atoms with Crippen molar-refractivity contribution in [3.8, 4) is 16.9 Å². The SMILES string of the molecule is CCSc1ccc(-c2nn(-c3ccccc3)cc2C=C2C(=O)N(c3ccccc3)N=C2c2cccnc2)cc1. The Balaban J connectivity index is 1.50. The third kappa shape index (κ3) is 5.04. The number of nitrogens with zero attached hydrogens (tertiary/aromatic N) is 5. The minimum atomic E-state index is -0.201. The zero-order valence-electron chi connectivity index (χ0n) is 21.3. The number of anilines is 1. The fraction of sp³-hybridized carbons (Fsp3) is 0.0625. The maximum absolute atomic E-state index is 13.8. The molecular formula is C32H25N5OS. The molecule has 0 saturated carbocycles. The summed E-state index contributed by atoms with van der Waals surface area (Å²) in [5, 5.41) is 11.2. The van der Waals surface area contributed by atoms with E-state index in [1.807, 2.05) is 89.8 Å². The fourth-order valence-corrected chi connectivity index (χ4v) is 5.13. The number of carbonyl (C=O) groups excluding carboxylic acids is 1. The molecule has 0 fully saturated rings. The molecule has 0 saturated heterocycles. The first-order valence-electron chi connectivity index (χ1n) is 12.7. The molecule has 3 heterocycles. The van der Waals surface area contributed by atoms with Gasteiger partial charge in [-0.05, 0) is 60.4 Å². The predicted molar refractivity (Wildman–Crippen MR) is 158 cm³/mol. The number of pyridine rings is 1. The molecule has 6 nitrogen and oxygen atoms in total. The van der Waals surface area contributed by atoms with Crippen LogP contribution in [-0.2, 0) is 4.79 Å². The number of rotatable bonds is 7. The highest BCUT2D eigenvalue weighted by molar-refractivity contribution is 7.99. The average molecular weight is 528 g/mol. The number of aromatic nitrogens is 3. The maximum Gasteiger partial charge on any atom is 0.281 e. The summed E-state index contributed by atoms with van der Waals surface area (Å²) in [5.41, 5.74) is 6.06. The van der Waals surface area contributed by atoms with Crippen LogP contribution in [-0.4, -0.2) is 32.1 Å². The lowest BCUT2D eigenvalue weighted by Crippen LogP contribution is -2.21. The summed E-state index contributed by atoms with van der Waals surface area (Å²) in [7, 11) is 0. The van der Waals surface area contributed by atoms with Crippen molar-refractivity contribution >= 4 is 35.1 Å². The van der Waals surface area contributed by atoms with E-state index in [4.69, 9.17) is 10.2 Å². The summed E-state index contributed by atoms with van der Waals surface area (Å²) < 4.78 is 1.85. The van der Waals surface area contributed by atoms with Gasteiger partial charge in [-0.2, -0.15) is 15.2 Å². The molecule has 5 aromatic rings. The molecule has 39 heavy (non-hydrogen) atoms. The lowest BCUT2D eigenvalue weighted by atomic mass is 10.00. The van der Waals surface area contributed by atoms with Crippen molar-refractivity contribution in [2.75, 3.05) is 10.8 Å². The van der Waals surface area contributed by atoms with Crippen LogP contribution in [0.4, 0.5) is 5.69 Å². The van der Waals surface area contributed by atoms with Crippen LogP contribution in [0.5, 0.6) is 0 Å². The van der Waals surface area contributed by atoms with Crippen molar-refractivity contribution in [2.45, 2.75) is 11.8 Å². The molecule has 0 unspecified atom stereocenters. The Morgan fingerprint density at radius 1 is 0.821 bits per heavy atom. The van der Waals surface area contributed by atoms with Gasteiger partial charge >= 0.3 is 0 Å². The highest BCUT2D eigenvalue weighted by Crippen LogP contribution is 2.32. The van der Waals surface area contributed by atoms with E-state index in [1.54, 1.807) is 24.2 Å². The maximum atomic E-state index is 13.8. The van der Waals surface area contributed by atoms with E-state index in [0.29, 0.717) is 17.0 Å². The molecule has 1 amide bonds. The van der Waals surface area contributed by atoms with Crippen LogP contribution in [0.25, 0.3) is 23.0 Å². The molecule has 0 radical (unpaired) electrons. The topological polar surface area (TPSA) is 63.4 Å². The fourth-order valence-electron chi connectivity index (χ4n) is 4.47. The minimum Gasteiger partial charge on any atom is -0.267 e. The molecule has 1 aliphatic heterocycles. The van der Waals surface area contributed by atoms with Gasteiger partial charge in [0, 0.05) is 40.2 Å². The van der Waals surface area contributed by atoms with Crippen LogP contribution in [0, 0.1) is 0 Å². The Bertz CT molecular complexity index is 1660. The Morgan fingerprint density at radius 2 is 1.54 bits per heavy atom. The molecule has 0 aliphatic carbocycles. The van der Waals surface area contributed by atoms with Crippen LogP contribution in [0.2, 0.25) is 0 Å². The third-order valence-electron chi connectivity index (χ3n) is 6.32. The van der Waals surface area contributed by atoms with E-state index in [1.165, 1.54) is 9.90 Å². The van der Waals surface area contributed by atoms with E-state index in [2.05, 4.69) is 36.2 Å². The monoisotopic (exact) mass is 527 g/mol. The lowest BCUT2D eigenvalue weighted by molar-refractivity contribution is -0.114. The van der Waals surface area contributed by atoms with Crippen LogP contribution >= 0.6 is 11.8 Å². The summed E-state index contributed by atoms with van der Waals surface area (Å²) in [6.45, 7) is 2.14. The smallest absolute Gasteiger partial charge is 0.267 e. The van der Waals surface area contributed by atoms with Gasteiger partial charge in [0.15, 0.2) is 0 Å². The minimum absolute atomic E-state index is 0.201. The largest absolute Gasteiger partial charge is 0.281 e.